The molecular weight excluding hydrogens is 456 g/mol. The summed E-state index contributed by atoms with van der Waals surface area (Å²) in [7, 11) is -3.61. The summed E-state index contributed by atoms with van der Waals surface area (Å²) in [6.45, 7) is 4.01. The number of amides is 1. The van der Waals surface area contributed by atoms with Gasteiger partial charge in [0.25, 0.3) is 5.91 Å². The van der Waals surface area contributed by atoms with Crippen LogP contribution in [0.3, 0.4) is 0 Å². The molecule has 1 amide bonds. The summed E-state index contributed by atoms with van der Waals surface area (Å²) in [6.07, 6.45) is 0. The number of hydrogen-bond acceptors (Lipinski definition) is 4. The first-order chi connectivity index (χ1) is 12.8. The van der Waals surface area contributed by atoms with Crippen molar-refractivity contribution in [1.82, 2.24) is 4.31 Å². The Morgan fingerprint density at radius 2 is 1.89 bits per heavy atom. The van der Waals surface area contributed by atoms with Crippen molar-refractivity contribution < 1.29 is 17.9 Å². The van der Waals surface area contributed by atoms with Crippen LogP contribution in [0, 0.1) is 0 Å². The van der Waals surface area contributed by atoms with Crippen molar-refractivity contribution in [3.63, 3.8) is 0 Å². The van der Waals surface area contributed by atoms with E-state index in [0.29, 0.717) is 18.8 Å². The van der Waals surface area contributed by atoms with Crippen LogP contribution in [0.4, 0.5) is 5.69 Å². The fourth-order valence-electron chi connectivity index (χ4n) is 2.38. The number of carbonyl (C=O) groups is 1. The molecule has 0 atom stereocenters. The molecule has 2 aromatic carbocycles. The van der Waals surface area contributed by atoms with E-state index in [9.17, 15) is 13.2 Å². The van der Waals surface area contributed by atoms with Crippen LogP contribution in [0.1, 0.15) is 13.8 Å². The number of halogens is 2. The van der Waals surface area contributed by atoms with Gasteiger partial charge in [-0.1, -0.05) is 47.4 Å². The highest BCUT2D eigenvalue weighted by molar-refractivity contribution is 9.10. The first kappa shape index (κ1) is 21.7. The predicted molar refractivity (Wildman–Crippen MR) is 110 cm³/mol. The SMILES string of the molecule is CCN(CC)S(=O)(=O)c1ccc(OCC(=O)Nc2cccc(Br)c2)c(Cl)c1. The molecule has 2 aromatic rings. The number of sulfonamides is 1. The van der Waals surface area contributed by atoms with E-state index in [1.165, 1.54) is 22.5 Å². The van der Waals surface area contributed by atoms with E-state index < -0.39 is 10.0 Å². The molecule has 0 aliphatic rings. The minimum absolute atomic E-state index is 0.0853. The summed E-state index contributed by atoms with van der Waals surface area (Å²) < 4.78 is 32.6. The van der Waals surface area contributed by atoms with Gasteiger partial charge < -0.3 is 10.1 Å². The van der Waals surface area contributed by atoms with E-state index in [1.807, 2.05) is 6.07 Å². The molecule has 0 saturated carbocycles. The standard InChI is InChI=1S/C18H20BrClN2O4S/c1-3-22(4-2)27(24,25)15-8-9-17(16(20)11-15)26-12-18(23)21-14-7-5-6-13(19)10-14/h5-11H,3-4,12H2,1-2H3,(H,21,23). The Bertz CT molecular complexity index is 917. The van der Waals surface area contributed by atoms with Gasteiger partial charge in [0.2, 0.25) is 10.0 Å². The first-order valence-corrected chi connectivity index (χ1v) is 10.9. The second-order valence-electron chi connectivity index (χ2n) is 5.53. The van der Waals surface area contributed by atoms with Gasteiger partial charge in [-0.3, -0.25) is 4.79 Å². The lowest BCUT2D eigenvalue weighted by molar-refractivity contribution is -0.118. The van der Waals surface area contributed by atoms with Crippen molar-refractivity contribution in [1.29, 1.82) is 0 Å². The Kier molecular flexibility index (Phi) is 7.67. The molecule has 0 aromatic heterocycles. The summed E-state index contributed by atoms with van der Waals surface area (Å²) in [5, 5.41) is 2.82. The van der Waals surface area contributed by atoms with Crippen molar-refractivity contribution in [3.05, 3.63) is 52.0 Å². The average molecular weight is 476 g/mol. The molecule has 0 bridgehead atoms. The largest absolute Gasteiger partial charge is 0.482 e. The minimum Gasteiger partial charge on any atom is -0.482 e. The average Bonchev–Trinajstić information content (AvgIpc) is 2.61. The third-order valence-electron chi connectivity index (χ3n) is 3.71. The number of benzene rings is 2. The molecule has 27 heavy (non-hydrogen) atoms. The summed E-state index contributed by atoms with van der Waals surface area (Å²) in [6, 6.07) is 11.4. The second kappa shape index (κ2) is 9.54. The molecule has 0 fully saturated rings. The molecule has 6 nitrogen and oxygen atoms in total. The van der Waals surface area contributed by atoms with Gasteiger partial charge >= 0.3 is 0 Å². The number of carbonyl (C=O) groups excluding carboxylic acids is 1. The lowest BCUT2D eigenvalue weighted by Crippen LogP contribution is -2.30. The zero-order valence-electron chi connectivity index (χ0n) is 14.9. The van der Waals surface area contributed by atoms with E-state index in [4.69, 9.17) is 16.3 Å². The topological polar surface area (TPSA) is 75.7 Å². The Morgan fingerprint density at radius 1 is 1.19 bits per heavy atom. The molecule has 2 rings (SSSR count). The van der Waals surface area contributed by atoms with Crippen LogP contribution in [-0.4, -0.2) is 38.3 Å². The van der Waals surface area contributed by atoms with Crippen LogP contribution in [0.2, 0.25) is 5.02 Å². The number of nitrogens with zero attached hydrogens (tertiary/aromatic N) is 1. The van der Waals surface area contributed by atoms with Crippen LogP contribution in [0.5, 0.6) is 5.75 Å². The van der Waals surface area contributed by atoms with Crippen molar-refractivity contribution in [2.45, 2.75) is 18.7 Å². The molecule has 0 aliphatic heterocycles. The molecule has 0 aliphatic carbocycles. The van der Waals surface area contributed by atoms with Gasteiger partial charge in [-0.25, -0.2) is 8.42 Å². The Balaban J connectivity index is 2.05. The van der Waals surface area contributed by atoms with Gasteiger partial charge in [0.15, 0.2) is 6.61 Å². The molecule has 0 heterocycles. The van der Waals surface area contributed by atoms with Crippen LogP contribution < -0.4 is 10.1 Å². The van der Waals surface area contributed by atoms with E-state index in [2.05, 4.69) is 21.2 Å². The van der Waals surface area contributed by atoms with Crippen molar-refractivity contribution >= 4 is 49.1 Å². The molecule has 0 spiro atoms. The van der Waals surface area contributed by atoms with Gasteiger partial charge in [0.1, 0.15) is 5.75 Å². The molecular formula is C18H20BrClN2O4S. The molecule has 0 saturated heterocycles. The third kappa shape index (κ3) is 5.68. The lowest BCUT2D eigenvalue weighted by Gasteiger charge is -2.19. The zero-order valence-corrected chi connectivity index (χ0v) is 18.1. The smallest absolute Gasteiger partial charge is 0.262 e. The van der Waals surface area contributed by atoms with Crippen LogP contribution in [0.25, 0.3) is 0 Å². The Hall–Kier alpha value is -1.61. The fraction of sp³-hybridized carbons (Fsp3) is 0.278. The van der Waals surface area contributed by atoms with Crippen molar-refractivity contribution in [2.24, 2.45) is 0 Å². The molecule has 9 heteroatoms. The summed E-state index contributed by atoms with van der Waals surface area (Å²) >= 11 is 9.47. The van der Waals surface area contributed by atoms with Crippen molar-refractivity contribution in [3.8, 4) is 5.75 Å². The van der Waals surface area contributed by atoms with Gasteiger partial charge in [0, 0.05) is 23.2 Å². The minimum atomic E-state index is -3.61. The predicted octanol–water partition coefficient (Wildman–Crippen LogP) is 4.15. The van der Waals surface area contributed by atoms with Gasteiger partial charge in [-0.2, -0.15) is 4.31 Å². The maximum Gasteiger partial charge on any atom is 0.262 e. The number of ether oxygens (including phenoxy) is 1. The van der Waals surface area contributed by atoms with Crippen LogP contribution >= 0.6 is 27.5 Å². The van der Waals surface area contributed by atoms with Crippen LogP contribution in [-0.2, 0) is 14.8 Å². The monoisotopic (exact) mass is 474 g/mol. The maximum atomic E-state index is 12.5. The molecule has 0 unspecified atom stereocenters. The van der Waals surface area contributed by atoms with Crippen molar-refractivity contribution in [2.75, 3.05) is 25.0 Å². The number of hydrogen-bond donors (Lipinski definition) is 1. The van der Waals surface area contributed by atoms with E-state index >= 15 is 0 Å². The first-order valence-electron chi connectivity index (χ1n) is 8.25. The number of anilines is 1. The van der Waals surface area contributed by atoms with E-state index in [0.717, 1.165) is 4.47 Å². The highest BCUT2D eigenvalue weighted by Gasteiger charge is 2.22. The second-order valence-corrected chi connectivity index (χ2v) is 8.79. The highest BCUT2D eigenvalue weighted by atomic mass is 79.9. The van der Waals surface area contributed by atoms with Gasteiger partial charge in [0.05, 0.1) is 9.92 Å². The van der Waals surface area contributed by atoms with E-state index in [1.54, 1.807) is 32.0 Å². The fourth-order valence-corrected chi connectivity index (χ4v) is 4.56. The summed E-state index contributed by atoms with van der Waals surface area (Å²) in [5.41, 5.74) is 0.629. The molecule has 0 radical (unpaired) electrons. The zero-order chi connectivity index (χ0) is 20.0. The number of rotatable bonds is 8. The molecule has 1 N–H and O–H groups in total. The third-order valence-corrected chi connectivity index (χ3v) is 6.55. The summed E-state index contributed by atoms with van der Waals surface area (Å²) in [5.74, 6) is -0.122. The quantitative estimate of drug-likeness (QED) is 0.622. The highest BCUT2D eigenvalue weighted by Crippen LogP contribution is 2.28. The molecule has 146 valence electrons. The van der Waals surface area contributed by atoms with Gasteiger partial charge in [-0.05, 0) is 36.4 Å². The van der Waals surface area contributed by atoms with Gasteiger partial charge in [-0.15, -0.1) is 0 Å². The van der Waals surface area contributed by atoms with Crippen LogP contribution in [0.15, 0.2) is 51.8 Å². The normalized spacial score (nSPS) is 11.4. The van der Waals surface area contributed by atoms with E-state index in [-0.39, 0.29) is 28.2 Å². The Labute approximate surface area is 172 Å². The number of nitrogens with one attached hydrogen (secondary N) is 1. The Morgan fingerprint density at radius 3 is 2.48 bits per heavy atom. The lowest BCUT2D eigenvalue weighted by atomic mass is 10.3. The maximum absolute atomic E-state index is 12.5. The summed E-state index contributed by atoms with van der Waals surface area (Å²) in [4.78, 5) is 12.1.